The number of nitrogens with zero attached hydrogens (tertiary/aromatic N) is 1. The number of nitrogens with one attached hydrogen (secondary N) is 1. The zero-order valence-electron chi connectivity index (χ0n) is 12.6. The molecule has 2 aliphatic heterocycles. The van der Waals surface area contributed by atoms with E-state index in [2.05, 4.69) is 5.32 Å². The highest BCUT2D eigenvalue weighted by molar-refractivity contribution is 5.76. The van der Waals surface area contributed by atoms with Gasteiger partial charge >= 0.3 is 12.0 Å². The molecule has 0 spiro atoms. The Hall–Kier alpha value is -2.31. The highest BCUT2D eigenvalue weighted by atomic mass is 19.1. The van der Waals surface area contributed by atoms with Gasteiger partial charge in [-0.15, -0.1) is 0 Å². The molecule has 2 aliphatic rings. The van der Waals surface area contributed by atoms with E-state index >= 15 is 0 Å². The van der Waals surface area contributed by atoms with Crippen molar-refractivity contribution in [2.75, 3.05) is 19.7 Å². The molecular weight excluding hydrogens is 303 g/mol. The topological polar surface area (TPSA) is 78.9 Å². The first-order valence-electron chi connectivity index (χ1n) is 7.75. The number of carbonyl (C=O) groups excluding carboxylic acids is 1. The van der Waals surface area contributed by atoms with Crippen molar-refractivity contribution in [2.45, 2.75) is 25.3 Å². The van der Waals surface area contributed by atoms with Gasteiger partial charge in [0.1, 0.15) is 11.6 Å². The number of likely N-dealkylation sites (tertiary alicyclic amines) is 1. The molecule has 0 bridgehead atoms. The van der Waals surface area contributed by atoms with Crippen LogP contribution in [0.15, 0.2) is 18.2 Å². The number of benzene rings is 1. The average molecular weight is 322 g/mol. The van der Waals surface area contributed by atoms with Gasteiger partial charge in [0.15, 0.2) is 0 Å². The lowest BCUT2D eigenvalue weighted by molar-refractivity contribution is -0.143. The summed E-state index contributed by atoms with van der Waals surface area (Å²) in [4.78, 5) is 24.9. The number of aliphatic carboxylic acids is 1. The summed E-state index contributed by atoms with van der Waals surface area (Å²) in [6.07, 6.45) is 1.50. The number of amides is 2. The number of carbonyl (C=O) groups is 2. The first kappa shape index (κ1) is 15.6. The number of ether oxygens (including phenoxy) is 1. The SMILES string of the molecule is O=C(O)C1CCN(C(=O)NC2CCOc3ccc(F)cc32)CC1. The van der Waals surface area contributed by atoms with Crippen LogP contribution in [0, 0.1) is 11.7 Å². The molecule has 2 heterocycles. The minimum atomic E-state index is -0.807. The van der Waals surface area contributed by atoms with Crippen LogP contribution in [0.1, 0.15) is 30.9 Å². The lowest BCUT2D eigenvalue weighted by atomic mass is 9.97. The zero-order valence-corrected chi connectivity index (χ0v) is 12.6. The van der Waals surface area contributed by atoms with Crippen molar-refractivity contribution in [1.29, 1.82) is 0 Å². The molecule has 1 unspecified atom stereocenters. The normalized spacial score (nSPS) is 21.3. The quantitative estimate of drug-likeness (QED) is 0.874. The maximum atomic E-state index is 13.4. The lowest BCUT2D eigenvalue weighted by Gasteiger charge is -2.33. The maximum absolute atomic E-state index is 13.4. The molecule has 3 rings (SSSR count). The van der Waals surface area contributed by atoms with Crippen molar-refractivity contribution in [2.24, 2.45) is 5.92 Å². The number of piperidine rings is 1. The van der Waals surface area contributed by atoms with Gasteiger partial charge in [-0.05, 0) is 31.0 Å². The standard InChI is InChI=1S/C16H19FN2O4/c17-11-1-2-14-12(9-11)13(5-8-23-14)18-16(22)19-6-3-10(4-7-19)15(20)21/h1-2,9-10,13H,3-8H2,(H,18,22)(H,20,21). The summed E-state index contributed by atoms with van der Waals surface area (Å²) in [5.41, 5.74) is 0.644. The largest absolute Gasteiger partial charge is 0.493 e. The molecule has 0 radical (unpaired) electrons. The second-order valence-electron chi connectivity index (χ2n) is 5.92. The fourth-order valence-electron chi connectivity index (χ4n) is 3.09. The molecule has 7 heteroatoms. The van der Waals surface area contributed by atoms with Crippen LogP contribution in [-0.4, -0.2) is 41.7 Å². The summed E-state index contributed by atoms with van der Waals surface area (Å²) in [5.74, 6) is -0.959. The van der Waals surface area contributed by atoms with Gasteiger partial charge in [0.25, 0.3) is 0 Å². The van der Waals surface area contributed by atoms with Crippen LogP contribution in [-0.2, 0) is 4.79 Å². The van der Waals surface area contributed by atoms with Crippen LogP contribution in [0.5, 0.6) is 5.75 Å². The Bertz CT molecular complexity index is 614. The van der Waals surface area contributed by atoms with Crippen molar-refractivity contribution >= 4 is 12.0 Å². The number of halogens is 1. The smallest absolute Gasteiger partial charge is 0.317 e. The second kappa shape index (κ2) is 6.44. The summed E-state index contributed by atoms with van der Waals surface area (Å²) in [6, 6.07) is 3.76. The minimum absolute atomic E-state index is 0.240. The molecule has 1 fully saturated rings. The van der Waals surface area contributed by atoms with Crippen LogP contribution in [0.3, 0.4) is 0 Å². The number of carboxylic acid groups (broad SMARTS) is 1. The molecular formula is C16H19FN2O4. The average Bonchev–Trinajstić information content (AvgIpc) is 2.55. The maximum Gasteiger partial charge on any atom is 0.317 e. The van der Waals surface area contributed by atoms with E-state index < -0.39 is 5.97 Å². The number of hydrogen-bond acceptors (Lipinski definition) is 3. The van der Waals surface area contributed by atoms with Gasteiger partial charge in [0, 0.05) is 25.1 Å². The van der Waals surface area contributed by atoms with Crippen LogP contribution >= 0.6 is 0 Å². The molecule has 1 saturated heterocycles. The molecule has 2 N–H and O–H groups in total. The van der Waals surface area contributed by atoms with Gasteiger partial charge in [-0.1, -0.05) is 0 Å². The molecule has 1 aromatic rings. The Labute approximate surface area is 133 Å². The Morgan fingerprint density at radius 3 is 2.70 bits per heavy atom. The molecule has 124 valence electrons. The summed E-state index contributed by atoms with van der Waals surface area (Å²) in [7, 11) is 0. The van der Waals surface area contributed by atoms with Crippen molar-refractivity contribution in [3.8, 4) is 5.75 Å². The van der Waals surface area contributed by atoms with E-state index in [4.69, 9.17) is 9.84 Å². The lowest BCUT2D eigenvalue weighted by Crippen LogP contribution is -2.47. The molecule has 1 atom stereocenters. The van der Waals surface area contributed by atoms with Gasteiger partial charge in [-0.2, -0.15) is 0 Å². The van der Waals surface area contributed by atoms with Crippen LogP contribution < -0.4 is 10.1 Å². The Morgan fingerprint density at radius 2 is 2.00 bits per heavy atom. The Morgan fingerprint density at radius 1 is 1.26 bits per heavy atom. The highest BCUT2D eigenvalue weighted by Gasteiger charge is 2.29. The molecule has 0 aliphatic carbocycles. The predicted molar refractivity (Wildman–Crippen MR) is 79.7 cm³/mol. The third-order valence-corrected chi connectivity index (χ3v) is 4.44. The van der Waals surface area contributed by atoms with Gasteiger partial charge in [-0.3, -0.25) is 4.79 Å². The van der Waals surface area contributed by atoms with Crippen molar-refractivity contribution in [3.05, 3.63) is 29.6 Å². The first-order chi connectivity index (χ1) is 11.0. The number of carboxylic acids is 1. The molecule has 0 aromatic heterocycles. The number of fused-ring (bicyclic) bond motifs is 1. The minimum Gasteiger partial charge on any atom is -0.493 e. The molecule has 6 nitrogen and oxygen atoms in total. The van der Waals surface area contributed by atoms with Crippen molar-refractivity contribution in [3.63, 3.8) is 0 Å². The Balaban J connectivity index is 1.63. The van der Waals surface area contributed by atoms with Crippen molar-refractivity contribution < 1.29 is 23.8 Å². The number of rotatable bonds is 2. The van der Waals surface area contributed by atoms with E-state index in [1.165, 1.54) is 12.1 Å². The summed E-state index contributed by atoms with van der Waals surface area (Å²) >= 11 is 0. The third-order valence-electron chi connectivity index (χ3n) is 4.44. The van der Waals surface area contributed by atoms with Crippen molar-refractivity contribution in [1.82, 2.24) is 10.2 Å². The van der Waals surface area contributed by atoms with E-state index in [-0.39, 0.29) is 23.8 Å². The van der Waals surface area contributed by atoms with Crippen LogP contribution in [0.25, 0.3) is 0 Å². The first-order valence-corrected chi connectivity index (χ1v) is 7.75. The second-order valence-corrected chi connectivity index (χ2v) is 5.92. The fraction of sp³-hybridized carbons (Fsp3) is 0.500. The molecule has 0 saturated carbocycles. The summed E-state index contributed by atoms with van der Waals surface area (Å²) in [5, 5.41) is 11.9. The van der Waals surface area contributed by atoms with E-state index in [9.17, 15) is 14.0 Å². The summed E-state index contributed by atoms with van der Waals surface area (Å²) < 4.78 is 18.9. The fourth-order valence-corrected chi connectivity index (χ4v) is 3.09. The molecule has 2 amide bonds. The number of urea groups is 1. The molecule has 1 aromatic carbocycles. The van der Waals surface area contributed by atoms with E-state index in [0.29, 0.717) is 50.3 Å². The Kier molecular flexibility index (Phi) is 4.36. The van der Waals surface area contributed by atoms with Gasteiger partial charge in [-0.25, -0.2) is 9.18 Å². The monoisotopic (exact) mass is 322 g/mol. The predicted octanol–water partition coefficient (Wildman–Crippen LogP) is 2.16. The van der Waals surface area contributed by atoms with E-state index in [1.54, 1.807) is 11.0 Å². The van der Waals surface area contributed by atoms with E-state index in [1.807, 2.05) is 0 Å². The van der Waals surface area contributed by atoms with Crippen LogP contribution in [0.2, 0.25) is 0 Å². The van der Waals surface area contributed by atoms with Gasteiger partial charge < -0.3 is 20.1 Å². The van der Waals surface area contributed by atoms with Crippen LogP contribution in [0.4, 0.5) is 9.18 Å². The molecule has 23 heavy (non-hydrogen) atoms. The number of hydrogen-bond donors (Lipinski definition) is 2. The highest BCUT2D eigenvalue weighted by Crippen LogP contribution is 2.32. The third kappa shape index (κ3) is 3.38. The van der Waals surface area contributed by atoms with Gasteiger partial charge in [0.05, 0.1) is 18.6 Å². The summed E-state index contributed by atoms with van der Waals surface area (Å²) in [6.45, 7) is 1.30. The zero-order chi connectivity index (χ0) is 16.4. The van der Waals surface area contributed by atoms with E-state index in [0.717, 1.165) is 0 Å². The van der Waals surface area contributed by atoms with Gasteiger partial charge in [0.2, 0.25) is 0 Å².